The molecule has 4 nitrogen and oxygen atoms in total. The summed E-state index contributed by atoms with van der Waals surface area (Å²) in [6, 6.07) is 0.621. The third-order valence-corrected chi connectivity index (χ3v) is 3.63. The molecule has 2 heterocycles. The minimum absolute atomic E-state index is 0.621. The van der Waals surface area contributed by atoms with Crippen molar-refractivity contribution in [3.8, 4) is 0 Å². The summed E-state index contributed by atoms with van der Waals surface area (Å²) in [5, 5.41) is 2.98. The zero-order valence-corrected chi connectivity index (χ0v) is 11.3. The molecule has 0 radical (unpaired) electrons. The highest BCUT2D eigenvalue weighted by Crippen LogP contribution is 2.31. The zero-order valence-electron chi connectivity index (χ0n) is 9.70. The van der Waals surface area contributed by atoms with E-state index in [1.807, 2.05) is 13.2 Å². The van der Waals surface area contributed by atoms with Crippen LogP contribution in [0, 0.1) is 0 Å². The maximum atomic E-state index is 4.53. The summed E-state index contributed by atoms with van der Waals surface area (Å²) in [6.07, 6.45) is 5.51. The molecule has 0 spiro atoms. The van der Waals surface area contributed by atoms with Crippen molar-refractivity contribution in [2.75, 3.05) is 23.8 Å². The SMILES string of the molecule is CCC1CCCN1c1nc(NC)ncc1Br. The fraction of sp³-hybridized carbons (Fsp3) is 0.636. The third kappa shape index (κ3) is 2.14. The van der Waals surface area contributed by atoms with E-state index in [-0.39, 0.29) is 0 Å². The molecule has 0 saturated carbocycles. The second kappa shape index (κ2) is 4.99. The van der Waals surface area contributed by atoms with Gasteiger partial charge in [-0.2, -0.15) is 4.98 Å². The maximum absolute atomic E-state index is 4.53. The molecule has 2 rings (SSSR count). The zero-order chi connectivity index (χ0) is 11.5. The van der Waals surface area contributed by atoms with Crippen LogP contribution >= 0.6 is 15.9 Å². The second-order valence-electron chi connectivity index (χ2n) is 4.01. The molecule has 1 aromatic rings. The molecule has 5 heteroatoms. The predicted octanol–water partition coefficient (Wildman–Crippen LogP) is 2.66. The standard InChI is InChI=1S/C11H17BrN4/c1-3-8-5-4-6-16(8)10-9(12)7-14-11(13-2)15-10/h7-8H,3-6H2,1-2H3,(H,13,14,15). The predicted molar refractivity (Wildman–Crippen MR) is 69.9 cm³/mol. The van der Waals surface area contributed by atoms with Crippen molar-refractivity contribution in [3.63, 3.8) is 0 Å². The van der Waals surface area contributed by atoms with Gasteiger partial charge in [0.1, 0.15) is 5.82 Å². The average Bonchev–Trinajstić information content (AvgIpc) is 2.77. The number of hydrogen-bond donors (Lipinski definition) is 1. The molecule has 1 aliphatic rings. The van der Waals surface area contributed by atoms with Gasteiger partial charge in [0, 0.05) is 25.8 Å². The van der Waals surface area contributed by atoms with Crippen LogP contribution in [-0.2, 0) is 0 Å². The molecule has 1 N–H and O–H groups in total. The number of anilines is 2. The summed E-state index contributed by atoms with van der Waals surface area (Å²) in [4.78, 5) is 11.1. The Hall–Kier alpha value is -0.840. The average molecular weight is 285 g/mol. The topological polar surface area (TPSA) is 41.1 Å². The molecule has 1 aromatic heterocycles. The smallest absolute Gasteiger partial charge is 0.224 e. The molecule has 1 saturated heterocycles. The molecule has 0 amide bonds. The van der Waals surface area contributed by atoms with E-state index in [1.54, 1.807) is 0 Å². The van der Waals surface area contributed by atoms with Crippen molar-refractivity contribution in [2.45, 2.75) is 32.2 Å². The van der Waals surface area contributed by atoms with Crippen LogP contribution in [0.4, 0.5) is 11.8 Å². The van der Waals surface area contributed by atoms with Gasteiger partial charge >= 0.3 is 0 Å². The van der Waals surface area contributed by atoms with Crippen LogP contribution < -0.4 is 10.2 Å². The van der Waals surface area contributed by atoms with Gasteiger partial charge in [-0.05, 0) is 35.2 Å². The van der Waals surface area contributed by atoms with E-state index in [1.165, 1.54) is 19.3 Å². The highest BCUT2D eigenvalue weighted by atomic mass is 79.9. The van der Waals surface area contributed by atoms with Crippen LogP contribution in [-0.4, -0.2) is 29.6 Å². The first kappa shape index (κ1) is 11.6. The lowest BCUT2D eigenvalue weighted by molar-refractivity contribution is 0.639. The lowest BCUT2D eigenvalue weighted by Crippen LogP contribution is -2.29. The van der Waals surface area contributed by atoms with Gasteiger partial charge in [-0.1, -0.05) is 6.92 Å². The van der Waals surface area contributed by atoms with E-state index in [4.69, 9.17) is 0 Å². The second-order valence-corrected chi connectivity index (χ2v) is 4.87. The summed E-state index contributed by atoms with van der Waals surface area (Å²) in [7, 11) is 1.84. The van der Waals surface area contributed by atoms with Crippen molar-refractivity contribution < 1.29 is 0 Å². The fourth-order valence-corrected chi connectivity index (χ4v) is 2.64. The number of rotatable bonds is 3. The molecule has 0 aliphatic carbocycles. The first-order chi connectivity index (χ1) is 7.76. The number of hydrogen-bond acceptors (Lipinski definition) is 4. The molecule has 0 aromatic carbocycles. The first-order valence-corrected chi connectivity index (χ1v) is 6.52. The van der Waals surface area contributed by atoms with Gasteiger partial charge in [0.05, 0.1) is 4.47 Å². The Morgan fingerprint density at radius 2 is 2.44 bits per heavy atom. The van der Waals surface area contributed by atoms with Gasteiger partial charge in [-0.15, -0.1) is 0 Å². The molecule has 88 valence electrons. The van der Waals surface area contributed by atoms with Crippen molar-refractivity contribution >= 4 is 27.7 Å². The van der Waals surface area contributed by atoms with Gasteiger partial charge in [0.15, 0.2) is 0 Å². The van der Waals surface area contributed by atoms with Crippen LogP contribution in [0.25, 0.3) is 0 Å². The van der Waals surface area contributed by atoms with E-state index >= 15 is 0 Å². The summed E-state index contributed by atoms with van der Waals surface area (Å²) in [6.45, 7) is 3.33. The highest BCUT2D eigenvalue weighted by Gasteiger charge is 2.25. The Morgan fingerprint density at radius 1 is 1.62 bits per heavy atom. The molecule has 16 heavy (non-hydrogen) atoms. The Balaban J connectivity index is 2.31. The van der Waals surface area contributed by atoms with Gasteiger partial charge < -0.3 is 10.2 Å². The number of halogens is 1. The van der Waals surface area contributed by atoms with Crippen molar-refractivity contribution in [2.24, 2.45) is 0 Å². The van der Waals surface area contributed by atoms with Crippen molar-refractivity contribution in [1.29, 1.82) is 0 Å². The first-order valence-electron chi connectivity index (χ1n) is 5.73. The lowest BCUT2D eigenvalue weighted by Gasteiger charge is -2.25. The van der Waals surface area contributed by atoms with E-state index in [9.17, 15) is 0 Å². The number of aromatic nitrogens is 2. The lowest BCUT2D eigenvalue weighted by atomic mass is 10.2. The van der Waals surface area contributed by atoms with Crippen LogP contribution in [0.15, 0.2) is 10.7 Å². The summed E-state index contributed by atoms with van der Waals surface area (Å²) in [5.41, 5.74) is 0. The van der Waals surface area contributed by atoms with Crippen LogP contribution in [0.1, 0.15) is 26.2 Å². The molecular weight excluding hydrogens is 268 g/mol. The molecule has 0 bridgehead atoms. The molecular formula is C11H17BrN4. The van der Waals surface area contributed by atoms with E-state index < -0.39 is 0 Å². The molecule has 1 fully saturated rings. The van der Waals surface area contributed by atoms with E-state index in [0.717, 1.165) is 16.8 Å². The number of nitrogens with zero attached hydrogens (tertiary/aromatic N) is 3. The van der Waals surface area contributed by atoms with Gasteiger partial charge in [-0.25, -0.2) is 4.98 Å². The van der Waals surface area contributed by atoms with Gasteiger partial charge in [-0.3, -0.25) is 0 Å². The van der Waals surface area contributed by atoms with Crippen molar-refractivity contribution in [1.82, 2.24) is 9.97 Å². The van der Waals surface area contributed by atoms with E-state index in [2.05, 4.69) is 43.0 Å². The normalized spacial score (nSPS) is 20.2. The monoisotopic (exact) mass is 284 g/mol. The van der Waals surface area contributed by atoms with Crippen LogP contribution in [0.5, 0.6) is 0 Å². The maximum Gasteiger partial charge on any atom is 0.224 e. The van der Waals surface area contributed by atoms with E-state index in [0.29, 0.717) is 12.0 Å². The summed E-state index contributed by atoms with van der Waals surface area (Å²) in [5.74, 6) is 1.70. The molecule has 1 aliphatic heterocycles. The fourth-order valence-electron chi connectivity index (χ4n) is 2.22. The van der Waals surface area contributed by atoms with Gasteiger partial charge in [0.2, 0.25) is 5.95 Å². The van der Waals surface area contributed by atoms with Crippen LogP contribution in [0.2, 0.25) is 0 Å². The Labute approximate surface area is 105 Å². The molecule has 1 unspecified atom stereocenters. The Bertz CT molecular complexity index is 369. The number of nitrogens with one attached hydrogen (secondary N) is 1. The highest BCUT2D eigenvalue weighted by molar-refractivity contribution is 9.10. The Morgan fingerprint density at radius 3 is 3.12 bits per heavy atom. The summed E-state index contributed by atoms with van der Waals surface area (Å²) >= 11 is 3.53. The van der Waals surface area contributed by atoms with Gasteiger partial charge in [0.25, 0.3) is 0 Å². The third-order valence-electron chi connectivity index (χ3n) is 3.07. The Kier molecular flexibility index (Phi) is 3.63. The largest absolute Gasteiger partial charge is 0.357 e. The minimum Gasteiger partial charge on any atom is -0.357 e. The quantitative estimate of drug-likeness (QED) is 0.927. The summed E-state index contributed by atoms with van der Waals surface area (Å²) < 4.78 is 0.979. The van der Waals surface area contributed by atoms with Crippen molar-refractivity contribution in [3.05, 3.63) is 10.7 Å². The minimum atomic E-state index is 0.621. The molecule has 1 atom stereocenters. The van der Waals surface area contributed by atoms with Crippen LogP contribution in [0.3, 0.4) is 0 Å².